The maximum atomic E-state index is 4.88. The highest BCUT2D eigenvalue weighted by molar-refractivity contribution is 9.10. The van der Waals surface area contributed by atoms with Crippen molar-refractivity contribution in [1.29, 1.82) is 0 Å². The quantitative estimate of drug-likeness (QED) is 0.597. The SMILES string of the molecule is Cc1ccc2n1CCN(c1nc(-c3ccc(Br)cc3)cs1)[C@@H]2C. The van der Waals surface area contributed by atoms with Crippen LogP contribution in [0.1, 0.15) is 24.4 Å². The molecule has 1 aliphatic rings. The third kappa shape index (κ3) is 2.62. The lowest BCUT2D eigenvalue weighted by Gasteiger charge is -2.35. The molecule has 1 atom stereocenters. The molecular weight excluding hydrogens is 370 g/mol. The summed E-state index contributed by atoms with van der Waals surface area (Å²) in [5.41, 5.74) is 4.96. The van der Waals surface area contributed by atoms with Crippen LogP contribution in [0.5, 0.6) is 0 Å². The normalized spacial score (nSPS) is 17.3. The molecule has 1 aliphatic heterocycles. The van der Waals surface area contributed by atoms with Crippen LogP contribution in [0.15, 0.2) is 46.3 Å². The fourth-order valence-corrected chi connectivity index (χ4v) is 4.44. The Morgan fingerprint density at radius 1 is 1.13 bits per heavy atom. The van der Waals surface area contributed by atoms with Crippen molar-refractivity contribution in [3.05, 3.63) is 57.6 Å². The first-order valence-electron chi connectivity index (χ1n) is 7.77. The molecule has 0 amide bonds. The predicted octanol–water partition coefficient (Wildman–Crippen LogP) is 5.26. The van der Waals surface area contributed by atoms with Gasteiger partial charge in [0.05, 0.1) is 11.7 Å². The minimum atomic E-state index is 0.362. The Balaban J connectivity index is 1.63. The number of aryl methyl sites for hydroxylation is 1. The van der Waals surface area contributed by atoms with Crippen LogP contribution in [0.25, 0.3) is 11.3 Å². The van der Waals surface area contributed by atoms with Crippen LogP contribution in [-0.4, -0.2) is 16.1 Å². The van der Waals surface area contributed by atoms with Gasteiger partial charge in [-0.05, 0) is 38.1 Å². The van der Waals surface area contributed by atoms with Crippen LogP contribution in [0.4, 0.5) is 5.13 Å². The molecule has 5 heteroatoms. The molecule has 0 aliphatic carbocycles. The summed E-state index contributed by atoms with van der Waals surface area (Å²) in [7, 11) is 0. The summed E-state index contributed by atoms with van der Waals surface area (Å²) < 4.78 is 3.52. The van der Waals surface area contributed by atoms with Crippen LogP contribution in [0.2, 0.25) is 0 Å². The molecule has 2 aromatic heterocycles. The van der Waals surface area contributed by atoms with Crippen molar-refractivity contribution in [3.63, 3.8) is 0 Å². The van der Waals surface area contributed by atoms with Crippen molar-refractivity contribution in [3.8, 4) is 11.3 Å². The lowest BCUT2D eigenvalue weighted by molar-refractivity contribution is 0.502. The van der Waals surface area contributed by atoms with E-state index in [1.54, 1.807) is 11.3 Å². The summed E-state index contributed by atoms with van der Waals surface area (Å²) in [6, 6.07) is 13.2. The molecule has 23 heavy (non-hydrogen) atoms. The van der Waals surface area contributed by atoms with Crippen molar-refractivity contribution >= 4 is 32.4 Å². The number of nitrogens with zero attached hydrogens (tertiary/aromatic N) is 3. The average molecular weight is 388 g/mol. The van der Waals surface area contributed by atoms with E-state index in [2.05, 4.69) is 81.0 Å². The minimum absolute atomic E-state index is 0.362. The molecule has 0 radical (unpaired) electrons. The molecule has 0 bridgehead atoms. The molecule has 0 unspecified atom stereocenters. The van der Waals surface area contributed by atoms with E-state index in [0.717, 1.165) is 28.4 Å². The van der Waals surface area contributed by atoms with Gasteiger partial charge in [0.2, 0.25) is 0 Å². The first-order valence-corrected chi connectivity index (χ1v) is 9.45. The van der Waals surface area contributed by atoms with Gasteiger partial charge in [0.15, 0.2) is 5.13 Å². The maximum Gasteiger partial charge on any atom is 0.186 e. The number of benzene rings is 1. The van der Waals surface area contributed by atoms with Gasteiger partial charge in [-0.25, -0.2) is 4.98 Å². The molecule has 0 saturated heterocycles. The third-order valence-electron chi connectivity index (χ3n) is 4.57. The van der Waals surface area contributed by atoms with Crippen molar-refractivity contribution in [2.75, 3.05) is 11.4 Å². The summed E-state index contributed by atoms with van der Waals surface area (Å²) in [5, 5.41) is 3.27. The van der Waals surface area contributed by atoms with Crippen LogP contribution in [0.3, 0.4) is 0 Å². The largest absolute Gasteiger partial charge is 0.345 e. The van der Waals surface area contributed by atoms with Gasteiger partial charge >= 0.3 is 0 Å². The summed E-state index contributed by atoms with van der Waals surface area (Å²) >= 11 is 5.22. The molecule has 0 spiro atoms. The van der Waals surface area contributed by atoms with E-state index in [-0.39, 0.29) is 0 Å². The number of anilines is 1. The van der Waals surface area contributed by atoms with Gasteiger partial charge in [-0.2, -0.15) is 0 Å². The van der Waals surface area contributed by atoms with Gasteiger partial charge in [-0.3, -0.25) is 0 Å². The third-order valence-corrected chi connectivity index (χ3v) is 5.98. The second-order valence-electron chi connectivity index (χ2n) is 5.94. The Bertz CT molecular complexity index is 834. The molecule has 3 heterocycles. The zero-order valence-corrected chi connectivity index (χ0v) is 15.6. The zero-order valence-electron chi connectivity index (χ0n) is 13.2. The van der Waals surface area contributed by atoms with Gasteiger partial charge in [0, 0.05) is 39.9 Å². The second kappa shape index (κ2) is 5.80. The molecule has 0 N–H and O–H groups in total. The van der Waals surface area contributed by atoms with Crippen LogP contribution in [-0.2, 0) is 6.54 Å². The Morgan fingerprint density at radius 3 is 2.70 bits per heavy atom. The van der Waals surface area contributed by atoms with E-state index >= 15 is 0 Å². The number of halogens is 1. The number of thiazole rings is 1. The Hall–Kier alpha value is -1.59. The lowest BCUT2D eigenvalue weighted by atomic mass is 10.1. The van der Waals surface area contributed by atoms with Crippen LogP contribution >= 0.6 is 27.3 Å². The number of fused-ring (bicyclic) bond motifs is 1. The van der Waals surface area contributed by atoms with Gasteiger partial charge in [0.25, 0.3) is 0 Å². The molecule has 4 rings (SSSR count). The summed E-state index contributed by atoms with van der Waals surface area (Å²) in [4.78, 5) is 7.30. The highest BCUT2D eigenvalue weighted by Crippen LogP contribution is 2.35. The molecule has 0 saturated carbocycles. The molecule has 1 aromatic carbocycles. The van der Waals surface area contributed by atoms with Crippen molar-refractivity contribution < 1.29 is 0 Å². The first kappa shape index (κ1) is 15.0. The van der Waals surface area contributed by atoms with E-state index in [9.17, 15) is 0 Å². The average Bonchev–Trinajstić information content (AvgIpc) is 3.17. The standard InChI is InChI=1S/C18H18BrN3S/c1-12-3-8-17-13(2)22(10-9-21(12)17)18-20-16(11-23-18)14-4-6-15(19)7-5-14/h3-8,11,13H,9-10H2,1-2H3/t13-/m1/s1. The molecule has 3 aromatic rings. The van der Waals surface area contributed by atoms with Crippen molar-refractivity contribution in [1.82, 2.24) is 9.55 Å². The highest BCUT2D eigenvalue weighted by Gasteiger charge is 2.26. The predicted molar refractivity (Wildman–Crippen MR) is 100 cm³/mol. The van der Waals surface area contributed by atoms with E-state index in [1.165, 1.54) is 17.0 Å². The Kier molecular flexibility index (Phi) is 3.77. The van der Waals surface area contributed by atoms with E-state index in [1.807, 2.05) is 0 Å². The van der Waals surface area contributed by atoms with E-state index in [0.29, 0.717) is 6.04 Å². The van der Waals surface area contributed by atoms with Crippen LogP contribution in [0, 0.1) is 6.92 Å². The van der Waals surface area contributed by atoms with E-state index in [4.69, 9.17) is 4.98 Å². The first-order chi connectivity index (χ1) is 11.1. The smallest absolute Gasteiger partial charge is 0.186 e. The minimum Gasteiger partial charge on any atom is -0.345 e. The molecular formula is C18H18BrN3S. The van der Waals surface area contributed by atoms with Crippen molar-refractivity contribution in [2.24, 2.45) is 0 Å². The number of hydrogen-bond acceptors (Lipinski definition) is 3. The fourth-order valence-electron chi connectivity index (χ4n) is 3.23. The number of aromatic nitrogens is 2. The van der Waals surface area contributed by atoms with Crippen LogP contribution < -0.4 is 4.90 Å². The van der Waals surface area contributed by atoms with Gasteiger partial charge < -0.3 is 9.47 Å². The van der Waals surface area contributed by atoms with E-state index < -0.39 is 0 Å². The van der Waals surface area contributed by atoms with Crippen molar-refractivity contribution in [2.45, 2.75) is 26.4 Å². The highest BCUT2D eigenvalue weighted by atomic mass is 79.9. The second-order valence-corrected chi connectivity index (χ2v) is 7.70. The zero-order chi connectivity index (χ0) is 16.0. The Morgan fingerprint density at radius 2 is 1.91 bits per heavy atom. The maximum absolute atomic E-state index is 4.88. The Labute approximate surface area is 148 Å². The monoisotopic (exact) mass is 387 g/mol. The molecule has 0 fully saturated rings. The summed E-state index contributed by atoms with van der Waals surface area (Å²) in [6.45, 7) is 6.49. The molecule has 118 valence electrons. The lowest BCUT2D eigenvalue weighted by Crippen LogP contribution is -2.36. The van der Waals surface area contributed by atoms with Gasteiger partial charge in [-0.1, -0.05) is 28.1 Å². The fraction of sp³-hybridized carbons (Fsp3) is 0.278. The summed E-state index contributed by atoms with van der Waals surface area (Å²) in [6.07, 6.45) is 0. The summed E-state index contributed by atoms with van der Waals surface area (Å²) in [5.74, 6) is 0. The topological polar surface area (TPSA) is 21.1 Å². The van der Waals surface area contributed by atoms with Gasteiger partial charge in [0.1, 0.15) is 0 Å². The number of hydrogen-bond donors (Lipinski definition) is 0. The number of rotatable bonds is 2. The van der Waals surface area contributed by atoms with Gasteiger partial charge in [-0.15, -0.1) is 11.3 Å². The molecule has 3 nitrogen and oxygen atoms in total.